The van der Waals surface area contributed by atoms with E-state index in [2.05, 4.69) is 43.3 Å². The number of thiazole rings is 1. The second-order valence-corrected chi connectivity index (χ2v) is 6.15. The number of fused-ring (bicyclic) bond motifs is 1. The van der Waals surface area contributed by atoms with Crippen LogP contribution in [0.5, 0.6) is 0 Å². The van der Waals surface area contributed by atoms with Crippen molar-refractivity contribution in [1.82, 2.24) is 9.88 Å². The SMILES string of the molecule is CN(C)C1CCCC1c1nc2ccccc2s1. The molecular weight excluding hydrogens is 228 g/mol. The summed E-state index contributed by atoms with van der Waals surface area (Å²) in [6, 6.07) is 9.15. The predicted octanol–water partition coefficient (Wildman–Crippen LogP) is 3.49. The van der Waals surface area contributed by atoms with Gasteiger partial charge in [-0.1, -0.05) is 18.6 Å². The molecule has 2 aromatic rings. The average molecular weight is 246 g/mol. The van der Waals surface area contributed by atoms with Crippen molar-refractivity contribution in [3.05, 3.63) is 29.3 Å². The highest BCUT2D eigenvalue weighted by Gasteiger charge is 2.32. The number of likely N-dealkylation sites (N-methyl/N-ethyl adjacent to an activating group) is 1. The standard InChI is InChI=1S/C14H18N2S/c1-16(2)12-8-5-6-10(12)14-15-11-7-3-4-9-13(11)17-14/h3-4,7,9-10,12H,5-6,8H2,1-2H3. The van der Waals surface area contributed by atoms with Gasteiger partial charge in [0, 0.05) is 12.0 Å². The lowest BCUT2D eigenvalue weighted by atomic mass is 10.0. The second-order valence-electron chi connectivity index (χ2n) is 5.09. The molecule has 1 aromatic heterocycles. The number of hydrogen-bond acceptors (Lipinski definition) is 3. The molecule has 0 saturated heterocycles. The number of aromatic nitrogens is 1. The smallest absolute Gasteiger partial charge is 0.0985 e. The summed E-state index contributed by atoms with van der Waals surface area (Å²) in [5.74, 6) is 0.641. The first-order valence-corrected chi connectivity index (χ1v) is 7.09. The maximum atomic E-state index is 4.82. The van der Waals surface area contributed by atoms with Crippen molar-refractivity contribution in [2.75, 3.05) is 14.1 Å². The molecule has 3 rings (SSSR count). The number of nitrogens with zero attached hydrogens (tertiary/aromatic N) is 2. The van der Waals surface area contributed by atoms with E-state index in [1.54, 1.807) is 0 Å². The fraction of sp³-hybridized carbons (Fsp3) is 0.500. The second kappa shape index (κ2) is 4.39. The third kappa shape index (κ3) is 1.98. The highest BCUT2D eigenvalue weighted by Crippen LogP contribution is 2.39. The Morgan fingerprint density at radius 1 is 1.24 bits per heavy atom. The molecule has 0 bridgehead atoms. The largest absolute Gasteiger partial charge is 0.306 e. The summed E-state index contributed by atoms with van der Waals surface area (Å²) < 4.78 is 1.33. The normalized spacial score (nSPS) is 24.9. The van der Waals surface area contributed by atoms with Crippen molar-refractivity contribution in [2.24, 2.45) is 0 Å². The van der Waals surface area contributed by atoms with Gasteiger partial charge in [0.2, 0.25) is 0 Å². The van der Waals surface area contributed by atoms with E-state index in [9.17, 15) is 0 Å². The maximum Gasteiger partial charge on any atom is 0.0985 e. The van der Waals surface area contributed by atoms with E-state index in [0.29, 0.717) is 12.0 Å². The number of rotatable bonds is 2. The van der Waals surface area contributed by atoms with Gasteiger partial charge >= 0.3 is 0 Å². The highest BCUT2D eigenvalue weighted by atomic mass is 32.1. The van der Waals surface area contributed by atoms with Crippen LogP contribution in [0.2, 0.25) is 0 Å². The lowest BCUT2D eigenvalue weighted by Gasteiger charge is -2.24. The summed E-state index contributed by atoms with van der Waals surface area (Å²) in [4.78, 5) is 7.18. The summed E-state index contributed by atoms with van der Waals surface area (Å²) in [6.07, 6.45) is 3.94. The van der Waals surface area contributed by atoms with Crippen LogP contribution in [-0.2, 0) is 0 Å². The van der Waals surface area contributed by atoms with Crippen LogP contribution in [0.25, 0.3) is 10.2 Å². The lowest BCUT2D eigenvalue weighted by molar-refractivity contribution is 0.276. The molecule has 1 fully saturated rings. The third-order valence-corrected chi connectivity index (χ3v) is 4.94. The molecule has 0 aliphatic heterocycles. The fourth-order valence-electron chi connectivity index (χ4n) is 2.90. The Labute approximate surface area is 106 Å². The van der Waals surface area contributed by atoms with Crippen LogP contribution < -0.4 is 0 Å². The van der Waals surface area contributed by atoms with Gasteiger partial charge in [-0.3, -0.25) is 0 Å². The molecule has 1 aliphatic rings. The Morgan fingerprint density at radius 2 is 2.06 bits per heavy atom. The van der Waals surface area contributed by atoms with Gasteiger partial charge in [0.25, 0.3) is 0 Å². The predicted molar refractivity (Wildman–Crippen MR) is 73.7 cm³/mol. The van der Waals surface area contributed by atoms with E-state index in [1.807, 2.05) is 11.3 Å². The summed E-state index contributed by atoms with van der Waals surface area (Å²) in [7, 11) is 4.38. The summed E-state index contributed by atoms with van der Waals surface area (Å²) >= 11 is 1.88. The van der Waals surface area contributed by atoms with Gasteiger partial charge < -0.3 is 4.90 Å². The van der Waals surface area contributed by atoms with Crippen molar-refractivity contribution in [3.63, 3.8) is 0 Å². The molecule has 2 atom stereocenters. The Bertz CT molecular complexity index is 485. The van der Waals surface area contributed by atoms with Gasteiger partial charge in [0.1, 0.15) is 0 Å². The van der Waals surface area contributed by atoms with E-state index >= 15 is 0 Å². The molecule has 1 saturated carbocycles. The van der Waals surface area contributed by atoms with Crippen LogP contribution in [0, 0.1) is 0 Å². The third-order valence-electron chi connectivity index (χ3n) is 3.77. The van der Waals surface area contributed by atoms with Crippen molar-refractivity contribution >= 4 is 21.6 Å². The van der Waals surface area contributed by atoms with Crippen LogP contribution >= 0.6 is 11.3 Å². The highest BCUT2D eigenvalue weighted by molar-refractivity contribution is 7.18. The molecule has 1 aromatic carbocycles. The Hall–Kier alpha value is -0.930. The molecule has 90 valence electrons. The van der Waals surface area contributed by atoms with Crippen molar-refractivity contribution < 1.29 is 0 Å². The van der Waals surface area contributed by atoms with Crippen molar-refractivity contribution in [1.29, 1.82) is 0 Å². The molecule has 1 aliphatic carbocycles. The Morgan fingerprint density at radius 3 is 2.82 bits per heavy atom. The first-order valence-electron chi connectivity index (χ1n) is 6.27. The number of benzene rings is 1. The molecule has 0 amide bonds. The lowest BCUT2D eigenvalue weighted by Crippen LogP contribution is -2.29. The van der Waals surface area contributed by atoms with Crippen molar-refractivity contribution in [3.8, 4) is 0 Å². The van der Waals surface area contributed by atoms with E-state index in [1.165, 1.54) is 29.0 Å². The van der Waals surface area contributed by atoms with Crippen molar-refractivity contribution in [2.45, 2.75) is 31.2 Å². The van der Waals surface area contributed by atoms with E-state index in [-0.39, 0.29) is 0 Å². The summed E-state index contributed by atoms with van der Waals surface area (Å²) in [6.45, 7) is 0. The molecule has 2 nitrogen and oxygen atoms in total. The molecule has 3 heteroatoms. The van der Waals surface area contributed by atoms with Crippen LogP contribution in [0.3, 0.4) is 0 Å². The molecule has 1 heterocycles. The van der Waals surface area contributed by atoms with Gasteiger partial charge in [-0.2, -0.15) is 0 Å². The fourth-order valence-corrected chi connectivity index (χ4v) is 4.06. The molecular formula is C14H18N2S. The van der Waals surface area contributed by atoms with Gasteiger partial charge in [-0.05, 0) is 39.1 Å². The summed E-state index contributed by atoms with van der Waals surface area (Å²) in [5.41, 5.74) is 1.16. The molecule has 2 unspecified atom stereocenters. The number of para-hydroxylation sites is 1. The van der Waals surface area contributed by atoms with Gasteiger partial charge in [0.05, 0.1) is 15.2 Å². The first kappa shape index (κ1) is 11.2. The zero-order valence-corrected chi connectivity index (χ0v) is 11.2. The monoisotopic (exact) mass is 246 g/mol. The minimum absolute atomic E-state index is 0.641. The van der Waals surface area contributed by atoms with Crippen LogP contribution in [0.15, 0.2) is 24.3 Å². The molecule has 17 heavy (non-hydrogen) atoms. The molecule has 0 radical (unpaired) electrons. The zero-order chi connectivity index (χ0) is 11.8. The number of hydrogen-bond donors (Lipinski definition) is 0. The van der Waals surface area contributed by atoms with Crippen LogP contribution in [0.4, 0.5) is 0 Å². The van der Waals surface area contributed by atoms with Gasteiger partial charge in [-0.25, -0.2) is 4.98 Å². The quantitative estimate of drug-likeness (QED) is 0.806. The van der Waals surface area contributed by atoms with Gasteiger partial charge in [0.15, 0.2) is 0 Å². The van der Waals surface area contributed by atoms with Gasteiger partial charge in [-0.15, -0.1) is 11.3 Å². The topological polar surface area (TPSA) is 16.1 Å². The average Bonchev–Trinajstić information content (AvgIpc) is 2.95. The summed E-state index contributed by atoms with van der Waals surface area (Å²) in [5, 5.41) is 1.34. The zero-order valence-electron chi connectivity index (χ0n) is 10.4. The van der Waals surface area contributed by atoms with E-state index in [0.717, 1.165) is 5.52 Å². The Kier molecular flexibility index (Phi) is 2.89. The minimum atomic E-state index is 0.641. The molecule has 0 N–H and O–H groups in total. The van der Waals surface area contributed by atoms with E-state index in [4.69, 9.17) is 4.98 Å². The van der Waals surface area contributed by atoms with E-state index < -0.39 is 0 Å². The molecule has 0 spiro atoms. The first-order chi connectivity index (χ1) is 8.25. The minimum Gasteiger partial charge on any atom is -0.306 e. The Balaban J connectivity index is 1.97. The van der Waals surface area contributed by atoms with Crippen LogP contribution in [0.1, 0.15) is 30.2 Å². The van der Waals surface area contributed by atoms with Crippen LogP contribution in [-0.4, -0.2) is 30.0 Å². The maximum absolute atomic E-state index is 4.82.